The van der Waals surface area contributed by atoms with Gasteiger partial charge in [0.25, 0.3) is 0 Å². The molecule has 118 valence electrons. The van der Waals surface area contributed by atoms with Gasteiger partial charge in [0.2, 0.25) is 0 Å². The van der Waals surface area contributed by atoms with Gasteiger partial charge in [0.1, 0.15) is 0 Å². The lowest BCUT2D eigenvalue weighted by molar-refractivity contribution is 0.314. The second-order valence-corrected chi connectivity index (χ2v) is 6.44. The number of aliphatic imine (C=N–C) groups is 1. The third-order valence-corrected chi connectivity index (χ3v) is 4.18. The van der Waals surface area contributed by atoms with Crippen LogP contribution in [0, 0.1) is 11.8 Å². The van der Waals surface area contributed by atoms with E-state index in [4.69, 9.17) is 0 Å². The monoisotopic (exact) mass is 394 g/mol. The van der Waals surface area contributed by atoms with Crippen molar-refractivity contribution < 1.29 is 0 Å². The summed E-state index contributed by atoms with van der Waals surface area (Å²) in [5.74, 6) is 2.50. The Labute approximate surface area is 141 Å². The molecule has 20 heavy (non-hydrogen) atoms. The van der Waals surface area contributed by atoms with E-state index in [1.807, 2.05) is 7.05 Å². The zero-order valence-corrected chi connectivity index (χ0v) is 15.5. The number of rotatable bonds is 6. The quantitative estimate of drug-likeness (QED) is 0.413. The first-order valence-electron chi connectivity index (χ1n) is 7.87. The predicted molar refractivity (Wildman–Crippen MR) is 96.9 cm³/mol. The van der Waals surface area contributed by atoms with Crippen molar-refractivity contribution in [2.24, 2.45) is 16.8 Å². The lowest BCUT2D eigenvalue weighted by atomic mass is 10.1. The number of guanidine groups is 1. The molecular formula is C15H31IN4. The molecule has 0 aromatic rings. The number of nitrogens with zero attached hydrogens (tertiary/aromatic N) is 2. The van der Waals surface area contributed by atoms with Crippen LogP contribution in [-0.4, -0.2) is 50.1 Å². The van der Waals surface area contributed by atoms with Crippen molar-refractivity contribution in [3.63, 3.8) is 0 Å². The predicted octanol–water partition coefficient (Wildman–Crippen LogP) is 2.30. The fourth-order valence-electron chi connectivity index (χ4n) is 2.74. The van der Waals surface area contributed by atoms with E-state index in [2.05, 4.69) is 34.4 Å². The molecule has 0 bridgehead atoms. The van der Waals surface area contributed by atoms with E-state index in [1.165, 1.54) is 38.8 Å². The maximum Gasteiger partial charge on any atom is 0.190 e. The smallest absolute Gasteiger partial charge is 0.190 e. The maximum absolute atomic E-state index is 4.29. The summed E-state index contributed by atoms with van der Waals surface area (Å²) in [7, 11) is 1.86. The van der Waals surface area contributed by atoms with Gasteiger partial charge in [0, 0.05) is 32.7 Å². The number of likely N-dealkylation sites (tertiary alicyclic amines) is 1. The van der Waals surface area contributed by atoms with Gasteiger partial charge in [0.15, 0.2) is 5.96 Å². The van der Waals surface area contributed by atoms with Gasteiger partial charge in [-0.25, -0.2) is 0 Å². The van der Waals surface area contributed by atoms with E-state index in [1.54, 1.807) is 0 Å². The first-order chi connectivity index (χ1) is 9.19. The van der Waals surface area contributed by atoms with Crippen molar-refractivity contribution in [2.75, 3.05) is 33.2 Å². The Kier molecular flexibility index (Phi) is 8.17. The fourth-order valence-corrected chi connectivity index (χ4v) is 2.74. The second-order valence-electron chi connectivity index (χ2n) is 6.44. The Hall–Kier alpha value is -0.0400. The Bertz CT molecular complexity index is 302. The third kappa shape index (κ3) is 6.16. The Morgan fingerprint density at radius 1 is 1.25 bits per heavy atom. The van der Waals surface area contributed by atoms with Gasteiger partial charge in [-0.15, -0.1) is 24.0 Å². The number of halogens is 1. The van der Waals surface area contributed by atoms with Crippen molar-refractivity contribution in [3.05, 3.63) is 0 Å². The molecule has 2 aliphatic rings. The Morgan fingerprint density at radius 2 is 2.00 bits per heavy atom. The summed E-state index contributed by atoms with van der Waals surface area (Å²) >= 11 is 0. The number of hydrogen-bond acceptors (Lipinski definition) is 2. The molecule has 1 saturated heterocycles. The van der Waals surface area contributed by atoms with Crippen LogP contribution in [-0.2, 0) is 0 Å². The first-order valence-corrected chi connectivity index (χ1v) is 7.87. The Balaban J connectivity index is 0.00000200. The molecule has 5 heteroatoms. The molecule has 1 unspecified atom stereocenters. The molecule has 2 N–H and O–H groups in total. The summed E-state index contributed by atoms with van der Waals surface area (Å²) in [5.41, 5.74) is 0. The summed E-state index contributed by atoms with van der Waals surface area (Å²) < 4.78 is 0. The minimum atomic E-state index is 0. The molecule has 4 nitrogen and oxygen atoms in total. The van der Waals surface area contributed by atoms with Gasteiger partial charge in [-0.05, 0) is 44.1 Å². The van der Waals surface area contributed by atoms with Crippen LogP contribution >= 0.6 is 24.0 Å². The van der Waals surface area contributed by atoms with Gasteiger partial charge in [-0.3, -0.25) is 4.99 Å². The summed E-state index contributed by atoms with van der Waals surface area (Å²) in [6.07, 6.45) is 5.39. The normalized spacial score (nSPS) is 23.8. The van der Waals surface area contributed by atoms with Crippen LogP contribution in [0.3, 0.4) is 0 Å². The van der Waals surface area contributed by atoms with Gasteiger partial charge in [-0.1, -0.05) is 13.8 Å². The van der Waals surface area contributed by atoms with Crippen LogP contribution in [0.15, 0.2) is 4.99 Å². The fraction of sp³-hybridized carbons (Fsp3) is 0.933. The van der Waals surface area contributed by atoms with Crippen molar-refractivity contribution in [1.29, 1.82) is 0 Å². The SMILES string of the molecule is CN=C(NCCC(C)C)NCC1CCN(C2CC2)C1.I. The summed E-state index contributed by atoms with van der Waals surface area (Å²) in [6.45, 7) is 9.16. The zero-order valence-electron chi connectivity index (χ0n) is 13.2. The van der Waals surface area contributed by atoms with E-state index in [-0.39, 0.29) is 24.0 Å². The molecule has 0 aromatic heterocycles. The van der Waals surface area contributed by atoms with E-state index in [0.717, 1.165) is 36.9 Å². The third-order valence-electron chi connectivity index (χ3n) is 4.18. The molecule has 1 saturated carbocycles. The van der Waals surface area contributed by atoms with Crippen LogP contribution in [0.4, 0.5) is 0 Å². The molecular weight excluding hydrogens is 363 g/mol. The molecule has 1 heterocycles. The highest BCUT2D eigenvalue weighted by atomic mass is 127. The van der Waals surface area contributed by atoms with E-state index in [0.29, 0.717) is 0 Å². The number of hydrogen-bond donors (Lipinski definition) is 2. The van der Waals surface area contributed by atoms with Crippen molar-refractivity contribution in [1.82, 2.24) is 15.5 Å². The average Bonchev–Trinajstić information content (AvgIpc) is 3.13. The summed E-state index contributed by atoms with van der Waals surface area (Å²) in [6, 6.07) is 0.925. The van der Waals surface area contributed by atoms with Gasteiger partial charge in [-0.2, -0.15) is 0 Å². The molecule has 0 aromatic carbocycles. The average molecular weight is 394 g/mol. The minimum absolute atomic E-state index is 0. The van der Waals surface area contributed by atoms with Crippen LogP contribution in [0.25, 0.3) is 0 Å². The first kappa shape index (κ1) is 18.0. The summed E-state index contributed by atoms with van der Waals surface area (Å²) in [4.78, 5) is 6.96. The molecule has 1 aliphatic heterocycles. The zero-order chi connectivity index (χ0) is 13.7. The van der Waals surface area contributed by atoms with Crippen molar-refractivity contribution in [2.45, 2.75) is 45.6 Å². The largest absolute Gasteiger partial charge is 0.356 e. The molecule has 2 fully saturated rings. The van der Waals surface area contributed by atoms with Crippen LogP contribution < -0.4 is 10.6 Å². The Morgan fingerprint density at radius 3 is 2.60 bits per heavy atom. The highest BCUT2D eigenvalue weighted by Gasteiger charge is 2.34. The summed E-state index contributed by atoms with van der Waals surface area (Å²) in [5, 5.41) is 6.87. The maximum atomic E-state index is 4.29. The molecule has 0 spiro atoms. The van der Waals surface area contributed by atoms with Crippen LogP contribution in [0.2, 0.25) is 0 Å². The van der Waals surface area contributed by atoms with Crippen LogP contribution in [0.1, 0.15) is 39.5 Å². The van der Waals surface area contributed by atoms with E-state index >= 15 is 0 Å². The standard InChI is InChI=1S/C15H30N4.HI/c1-12(2)6-8-17-15(16-3)18-10-13-7-9-19(11-13)14-4-5-14;/h12-14H,4-11H2,1-3H3,(H2,16,17,18);1H. The van der Waals surface area contributed by atoms with E-state index < -0.39 is 0 Å². The molecule has 1 atom stereocenters. The minimum Gasteiger partial charge on any atom is -0.356 e. The van der Waals surface area contributed by atoms with Gasteiger partial charge >= 0.3 is 0 Å². The van der Waals surface area contributed by atoms with Gasteiger partial charge < -0.3 is 15.5 Å². The van der Waals surface area contributed by atoms with Crippen molar-refractivity contribution >= 4 is 29.9 Å². The number of nitrogens with one attached hydrogen (secondary N) is 2. The lowest BCUT2D eigenvalue weighted by Crippen LogP contribution is -2.40. The highest BCUT2D eigenvalue weighted by Crippen LogP contribution is 2.31. The molecule has 1 aliphatic carbocycles. The molecule has 2 rings (SSSR count). The molecule has 0 amide bonds. The lowest BCUT2D eigenvalue weighted by Gasteiger charge is -2.17. The van der Waals surface area contributed by atoms with Gasteiger partial charge in [0.05, 0.1) is 0 Å². The van der Waals surface area contributed by atoms with E-state index in [9.17, 15) is 0 Å². The topological polar surface area (TPSA) is 39.7 Å². The highest BCUT2D eigenvalue weighted by molar-refractivity contribution is 14.0. The van der Waals surface area contributed by atoms with Crippen molar-refractivity contribution in [3.8, 4) is 0 Å². The second kappa shape index (κ2) is 9.07. The molecule has 0 radical (unpaired) electrons. The van der Waals surface area contributed by atoms with Crippen LogP contribution in [0.5, 0.6) is 0 Å².